The van der Waals surface area contributed by atoms with Gasteiger partial charge in [0.15, 0.2) is 17.4 Å². The molecule has 2 radical (unpaired) electrons. The lowest BCUT2D eigenvalue weighted by Gasteiger charge is -1.85. The van der Waals surface area contributed by atoms with Crippen LogP contribution in [0.1, 0.15) is 0 Å². The Morgan fingerprint density at radius 1 is 0.708 bits per heavy atom. The Hall–Kier alpha value is -1.30. The molecule has 0 aromatic heterocycles. The first-order valence-electron chi connectivity index (χ1n) is 4.99. The average molecular weight is 392 g/mol. The smallest absolute Gasteiger partial charge is 0.317 e. The summed E-state index contributed by atoms with van der Waals surface area (Å²) in [5, 5.41) is 30.6. The van der Waals surface area contributed by atoms with Crippen molar-refractivity contribution < 1.29 is 50.6 Å². The van der Waals surface area contributed by atoms with Crippen LogP contribution in [0.2, 0.25) is 0 Å². The summed E-state index contributed by atoms with van der Waals surface area (Å²) in [4.78, 5) is 37.3. The van der Waals surface area contributed by atoms with Crippen LogP contribution >= 0.6 is 0 Å². The Morgan fingerprint density at radius 3 is 0.875 bits per heavy atom. The van der Waals surface area contributed by atoms with Crippen LogP contribution in [-0.4, -0.2) is 115 Å². The predicted molar refractivity (Wildman–Crippen MR) is 88.6 cm³/mol. The third kappa shape index (κ3) is 135. The number of nitrogens with one attached hydrogen (secondary N) is 1. The monoisotopic (exact) mass is 392 g/mol. The van der Waals surface area contributed by atoms with E-state index in [1.807, 2.05) is 0 Å². The Labute approximate surface area is 156 Å². The van der Waals surface area contributed by atoms with Gasteiger partial charge in [0.1, 0.15) is 0 Å². The minimum atomic E-state index is -0.968. The molecule has 144 valence electrons. The molecule has 0 aliphatic heterocycles. The van der Waals surface area contributed by atoms with Gasteiger partial charge < -0.3 is 52.9 Å². The summed E-state index contributed by atoms with van der Waals surface area (Å²) in [6.45, 7) is -0.829. The molecule has 0 aliphatic rings. The molecule has 0 aromatic carbocycles. The van der Waals surface area contributed by atoms with Crippen LogP contribution in [0.5, 0.6) is 0 Å². The van der Waals surface area contributed by atoms with Gasteiger partial charge in [-0.1, -0.05) is 0 Å². The number of carbonyl (C=O) groups is 4. The number of hydrogen-bond acceptors (Lipinski definition) is 8. The Kier molecular flexibility index (Phi) is 68.2. The van der Waals surface area contributed by atoms with Crippen molar-refractivity contribution in [3.63, 3.8) is 0 Å². The van der Waals surface area contributed by atoms with Crippen LogP contribution in [0.15, 0.2) is 0 Å². The van der Waals surface area contributed by atoms with Crippen molar-refractivity contribution >= 4 is 57.7 Å². The second kappa shape index (κ2) is 37.7. The summed E-state index contributed by atoms with van der Waals surface area (Å²) >= 11 is 2.09. The van der Waals surface area contributed by atoms with E-state index >= 15 is 0 Å². The summed E-state index contributed by atoms with van der Waals surface area (Å²) in [5.41, 5.74) is 13.7. The first kappa shape index (κ1) is 43.4. The van der Waals surface area contributed by atoms with Crippen LogP contribution < -0.4 is 21.5 Å². The molecule has 0 amide bonds. The van der Waals surface area contributed by atoms with Crippen LogP contribution in [-0.2, 0) is 19.2 Å². The zero-order valence-corrected chi connectivity index (χ0v) is 13.2. The van der Waals surface area contributed by atoms with Gasteiger partial charge in [0.05, 0.1) is 26.2 Å². The standard InChI is InChI=1S/3C2H5NO2.C2H4NO2.2Al.2H2O.3H/c4*3-1-2(4)5;;;;;;;/h3*1,3H2,(H,4,5);3H,1H2,(H,4,5);;;2*1H2;;;/q;;;-1;;+1;;;;;. The van der Waals surface area contributed by atoms with E-state index in [0.29, 0.717) is 0 Å². The van der Waals surface area contributed by atoms with Crippen molar-refractivity contribution in [2.24, 2.45) is 17.2 Å². The quantitative estimate of drug-likeness (QED) is 0.202. The van der Waals surface area contributed by atoms with Crippen LogP contribution in [0.3, 0.4) is 0 Å². The Morgan fingerprint density at radius 2 is 0.875 bits per heavy atom. The molecule has 0 heterocycles. The maximum atomic E-state index is 9.52. The highest BCUT2D eigenvalue weighted by atomic mass is 27.1. The highest BCUT2D eigenvalue weighted by Gasteiger charge is 1.85. The lowest BCUT2D eigenvalue weighted by atomic mass is 10.7. The van der Waals surface area contributed by atoms with Crippen LogP contribution in [0.25, 0.3) is 0 Å². The highest BCUT2D eigenvalue weighted by molar-refractivity contribution is 6.05. The Bertz CT molecular complexity index is 275. The van der Waals surface area contributed by atoms with E-state index in [2.05, 4.69) is 38.0 Å². The second-order valence-electron chi connectivity index (χ2n) is 2.57. The van der Waals surface area contributed by atoms with E-state index in [9.17, 15) is 19.2 Å². The SMILES string of the molecule is NCC(=O)O.NCC(=O)O.NCC(=O)O.O.O.O=C(O)C[NH][Al].[AlH3]. The molecule has 0 saturated heterocycles. The molecule has 0 atom stereocenters. The van der Waals surface area contributed by atoms with E-state index in [1.165, 1.54) is 0 Å². The number of nitrogens with two attached hydrogens (primary N) is 3. The fraction of sp³-hybridized carbons (Fsp3) is 0.500. The molecule has 24 heavy (non-hydrogen) atoms. The molecule has 0 unspecified atom stereocenters. The summed E-state index contributed by atoms with van der Waals surface area (Å²) in [5.74, 6) is -3.75. The fourth-order valence-corrected chi connectivity index (χ4v) is 0.262. The minimum absolute atomic E-state index is 0. The van der Waals surface area contributed by atoms with E-state index in [0.717, 1.165) is 0 Å². The van der Waals surface area contributed by atoms with E-state index in [1.54, 1.807) is 0 Å². The minimum Gasteiger partial charge on any atom is -0.480 e. The van der Waals surface area contributed by atoms with Crippen molar-refractivity contribution in [3.8, 4) is 0 Å². The molecule has 0 fully saturated rings. The molecule has 0 spiro atoms. The molecular formula is C8H26Al2N4O10. The van der Waals surface area contributed by atoms with Gasteiger partial charge in [0.2, 0.25) is 0 Å². The van der Waals surface area contributed by atoms with Gasteiger partial charge in [-0.05, 0) is 0 Å². The zero-order valence-electron chi connectivity index (χ0n) is 12.1. The van der Waals surface area contributed by atoms with Gasteiger partial charge >= 0.3 is 23.9 Å². The van der Waals surface area contributed by atoms with Gasteiger partial charge in [-0.15, -0.1) is 0 Å². The van der Waals surface area contributed by atoms with Crippen molar-refractivity contribution in [1.82, 2.24) is 4.30 Å². The molecule has 0 saturated carbocycles. The first-order chi connectivity index (χ1) is 9.58. The van der Waals surface area contributed by atoms with Gasteiger partial charge in [0.25, 0.3) is 16.5 Å². The lowest BCUT2D eigenvalue weighted by Crippen LogP contribution is -2.18. The number of carboxylic acids is 4. The molecule has 0 bridgehead atoms. The van der Waals surface area contributed by atoms with Gasteiger partial charge in [-0.25, -0.2) is 0 Å². The van der Waals surface area contributed by atoms with Gasteiger partial charge in [-0.3, -0.25) is 19.2 Å². The van der Waals surface area contributed by atoms with Crippen molar-refractivity contribution in [3.05, 3.63) is 0 Å². The number of aliphatic carboxylic acids is 4. The zero-order chi connectivity index (χ0) is 17.8. The predicted octanol–water partition coefficient (Wildman–Crippen LogP) is -7.00. The topological polar surface area (TPSA) is 302 Å². The van der Waals surface area contributed by atoms with Crippen molar-refractivity contribution in [1.29, 1.82) is 0 Å². The van der Waals surface area contributed by atoms with E-state index in [4.69, 9.17) is 20.4 Å². The van der Waals surface area contributed by atoms with Crippen molar-refractivity contribution in [2.75, 3.05) is 26.2 Å². The van der Waals surface area contributed by atoms with Gasteiger partial charge in [0, 0.05) is 0 Å². The largest absolute Gasteiger partial charge is 0.480 e. The molecule has 16 heteroatoms. The number of hydrogen-bond donors (Lipinski definition) is 8. The summed E-state index contributed by atoms with van der Waals surface area (Å²) in [6, 6.07) is 0. The summed E-state index contributed by atoms with van der Waals surface area (Å²) in [6.07, 6.45) is 0. The second-order valence-corrected chi connectivity index (χ2v) is 2.98. The number of rotatable bonds is 5. The Balaban J connectivity index is -0.0000000309. The molecule has 14 nitrogen and oxygen atoms in total. The molecule has 0 aromatic rings. The third-order valence-corrected chi connectivity index (χ3v) is 0.981. The average Bonchev–Trinajstić information content (AvgIpc) is 2.40. The van der Waals surface area contributed by atoms with E-state index < -0.39 is 23.9 Å². The molecule has 0 aliphatic carbocycles. The first-order valence-corrected chi connectivity index (χ1v) is 5.57. The molecule has 15 N–H and O–H groups in total. The van der Waals surface area contributed by atoms with Crippen LogP contribution in [0.4, 0.5) is 0 Å². The van der Waals surface area contributed by atoms with Crippen molar-refractivity contribution in [2.45, 2.75) is 0 Å². The maximum Gasteiger partial charge on any atom is 0.317 e. The van der Waals surface area contributed by atoms with Crippen LogP contribution in [0, 0.1) is 0 Å². The highest BCUT2D eigenvalue weighted by Crippen LogP contribution is 1.50. The maximum absolute atomic E-state index is 9.52. The summed E-state index contributed by atoms with van der Waals surface area (Å²) in [7, 11) is 0. The lowest BCUT2D eigenvalue weighted by molar-refractivity contribution is -0.136. The number of carboxylic acid groups (broad SMARTS) is 4. The fourth-order valence-electron chi connectivity index (χ4n) is 0.0873. The molecule has 0 rings (SSSR count). The molecular weight excluding hydrogens is 366 g/mol. The third-order valence-electron chi connectivity index (χ3n) is 0.777. The normalized spacial score (nSPS) is 6.62. The van der Waals surface area contributed by atoms with Gasteiger partial charge in [-0.2, -0.15) is 0 Å². The summed E-state index contributed by atoms with van der Waals surface area (Å²) < 4.78 is 2.38. The van der Waals surface area contributed by atoms with E-state index in [-0.39, 0.29) is 54.5 Å².